The maximum atomic E-state index is 14.6. The van der Waals surface area contributed by atoms with Crippen molar-refractivity contribution in [1.82, 2.24) is 4.90 Å². The Morgan fingerprint density at radius 1 is 0.844 bits per heavy atom. The minimum atomic E-state index is -2.45. The summed E-state index contributed by atoms with van der Waals surface area (Å²) in [5, 5.41) is 23.6. The smallest absolute Gasteiger partial charge is 0.460 e. The van der Waals surface area contributed by atoms with Crippen molar-refractivity contribution >= 4 is 57.0 Å². The van der Waals surface area contributed by atoms with Crippen LogP contribution in [-0.2, 0) is 61.9 Å². The quantitative estimate of drug-likeness (QED) is 0.0514. The van der Waals surface area contributed by atoms with E-state index in [1.165, 1.54) is 12.0 Å². The molecule has 17 nitrogen and oxygen atoms in total. The van der Waals surface area contributed by atoms with Gasteiger partial charge in [0.15, 0.2) is 5.78 Å². The lowest BCUT2D eigenvalue weighted by Crippen LogP contribution is -2.61. The Morgan fingerprint density at radius 2 is 1.58 bits per heavy atom. The minimum Gasteiger partial charge on any atom is -0.460 e. The van der Waals surface area contributed by atoms with Crippen molar-refractivity contribution in [3.63, 3.8) is 0 Å². The van der Waals surface area contributed by atoms with Crippen LogP contribution in [0.5, 0.6) is 0 Å². The van der Waals surface area contributed by atoms with Gasteiger partial charge in [-0.3, -0.25) is 19.2 Å². The number of hydrogen-bond acceptors (Lipinski definition) is 18. The zero-order valence-corrected chi connectivity index (χ0v) is 49.3. The Kier molecular flexibility index (Phi) is 28.7. The molecule has 3 aliphatic heterocycles. The van der Waals surface area contributed by atoms with E-state index in [-0.39, 0.29) is 80.7 Å². The maximum Gasteiger partial charge on any atom is 0.508 e. The van der Waals surface area contributed by atoms with Crippen LogP contribution in [-0.4, -0.2) is 164 Å². The highest BCUT2D eigenvalue weighted by Crippen LogP contribution is 2.38. The van der Waals surface area contributed by atoms with Crippen LogP contribution < -0.4 is 0 Å². The molecule has 4 rings (SSSR count). The highest BCUT2D eigenvalue weighted by molar-refractivity contribution is 8.76. The van der Waals surface area contributed by atoms with Gasteiger partial charge in [0, 0.05) is 70.0 Å². The van der Waals surface area contributed by atoms with Gasteiger partial charge >= 0.3 is 12.1 Å². The zero-order chi connectivity index (χ0) is 56.8. The zero-order valence-electron chi connectivity index (χ0n) is 47.6. The van der Waals surface area contributed by atoms with Gasteiger partial charge in [-0.25, -0.2) is 9.59 Å². The number of fused-ring (bicyclic) bond motifs is 3. The summed E-state index contributed by atoms with van der Waals surface area (Å²) in [4.78, 5) is 84.7. The third kappa shape index (κ3) is 20.0. The summed E-state index contributed by atoms with van der Waals surface area (Å²) >= 11 is 0. The molecule has 0 radical (unpaired) electrons. The molecule has 1 saturated carbocycles. The summed E-state index contributed by atoms with van der Waals surface area (Å²) in [6, 6.07) is -1.17. The second-order valence-corrected chi connectivity index (χ2v) is 24.5. The predicted octanol–water partition coefficient (Wildman–Crippen LogP) is 8.76. The number of allylic oxidation sites excluding steroid dienone is 6. The van der Waals surface area contributed by atoms with E-state index < -0.39 is 83.9 Å². The van der Waals surface area contributed by atoms with E-state index in [1.807, 2.05) is 58.1 Å². The van der Waals surface area contributed by atoms with Gasteiger partial charge in [0.05, 0.1) is 31.0 Å². The lowest BCUT2D eigenvalue weighted by molar-refractivity contribution is -0.265. The number of aliphatic hydroxyl groups is 2. The van der Waals surface area contributed by atoms with Crippen molar-refractivity contribution in [2.24, 2.45) is 35.5 Å². The fourth-order valence-electron chi connectivity index (χ4n) is 11.0. The van der Waals surface area contributed by atoms with Gasteiger partial charge < -0.3 is 53.0 Å². The van der Waals surface area contributed by atoms with Crippen LogP contribution in [0.2, 0.25) is 0 Å². The number of aliphatic hydroxyl groups excluding tert-OH is 1. The normalized spacial score (nSPS) is 35.8. The van der Waals surface area contributed by atoms with Crippen molar-refractivity contribution in [3.8, 4) is 0 Å². The predicted molar refractivity (Wildman–Crippen MR) is 297 cm³/mol. The molecule has 77 heavy (non-hydrogen) atoms. The monoisotopic (exact) mass is 1120 g/mol. The lowest BCUT2D eigenvalue weighted by Gasteiger charge is -2.42. The van der Waals surface area contributed by atoms with Crippen LogP contribution in [0.1, 0.15) is 132 Å². The molecule has 0 unspecified atom stereocenters. The van der Waals surface area contributed by atoms with E-state index in [9.17, 15) is 39.0 Å². The minimum absolute atomic E-state index is 0.00396. The fraction of sp³-hybridized carbons (Fsp3) is 0.759. The third-order valence-corrected chi connectivity index (χ3v) is 18.1. The summed E-state index contributed by atoms with van der Waals surface area (Å²) in [5.41, 5.74) is 1.25. The van der Waals surface area contributed by atoms with Gasteiger partial charge in [0.25, 0.3) is 11.7 Å². The summed E-state index contributed by atoms with van der Waals surface area (Å²) in [5.74, 6) is -6.58. The van der Waals surface area contributed by atoms with Crippen LogP contribution in [0.25, 0.3) is 0 Å². The molecule has 1 amide bonds. The molecule has 0 aromatic heterocycles. The summed E-state index contributed by atoms with van der Waals surface area (Å²) < 4.78 is 46.4. The Morgan fingerprint density at radius 3 is 2.29 bits per heavy atom. The van der Waals surface area contributed by atoms with E-state index in [4.69, 9.17) is 37.9 Å². The number of carbonyl (C=O) groups excluding carboxylic acids is 6. The molecule has 3 fully saturated rings. The highest BCUT2D eigenvalue weighted by atomic mass is 33.1. The number of ketones is 3. The summed E-state index contributed by atoms with van der Waals surface area (Å²) in [6.07, 6.45) is 10.7. The summed E-state index contributed by atoms with van der Waals surface area (Å²) in [7, 11) is 7.89. The van der Waals surface area contributed by atoms with Gasteiger partial charge in [0.2, 0.25) is 5.79 Å². The fourth-order valence-corrected chi connectivity index (χ4v) is 12.5. The molecule has 19 heteroatoms. The van der Waals surface area contributed by atoms with Crippen LogP contribution in [0.4, 0.5) is 4.79 Å². The van der Waals surface area contributed by atoms with Crippen molar-refractivity contribution in [3.05, 3.63) is 47.6 Å². The van der Waals surface area contributed by atoms with Crippen LogP contribution in [0.3, 0.4) is 0 Å². The van der Waals surface area contributed by atoms with Gasteiger partial charge in [-0.1, -0.05) is 99.6 Å². The van der Waals surface area contributed by atoms with Crippen molar-refractivity contribution in [2.45, 2.75) is 187 Å². The second-order valence-electron chi connectivity index (χ2n) is 21.6. The van der Waals surface area contributed by atoms with E-state index in [0.29, 0.717) is 69.1 Å². The van der Waals surface area contributed by atoms with E-state index in [0.717, 1.165) is 17.7 Å². The molecule has 3 heterocycles. The molecule has 0 aromatic carbocycles. The Hall–Kier alpha value is -3.40. The third-order valence-electron chi connectivity index (χ3n) is 15.7. The molecule has 0 spiro atoms. The number of piperidine rings is 1. The Balaban J connectivity index is 1.61. The van der Waals surface area contributed by atoms with Gasteiger partial charge in [-0.2, -0.15) is 0 Å². The standard InChI is InChI=1S/C58H91NO16S2/c1-12-76-77-29-28-73-57(66)72-27-26-71-47-24-22-43(33-50(47)69-10)32-39(5)49-35-46(60)38(4)31-41(7)52(62)53(70-11)51(61)40(6)30-36(2)18-14-13-15-19-37(3)48(68-9)34-44-23-21-42(8)58(67,75-44)54(63)55(64)59-25-17-16-20-45(59)56(65)74-49/h13-15,18-19,31,36,38-40,42-45,47-50,52-53,62,67H,12,16-17,20-30,32-35H2,1-11H3/b15-13+,18-14+,37-19+,41-31+/t36-,38-,39-,40-,42-,43+,44+,45+,47-,48+,49+,50-,52-,53+,58-/m1/s1. The highest BCUT2D eigenvalue weighted by Gasteiger charge is 2.53. The van der Waals surface area contributed by atoms with Crippen LogP contribution in [0, 0.1) is 35.5 Å². The first-order chi connectivity index (χ1) is 36.7. The van der Waals surface area contributed by atoms with Gasteiger partial charge in [-0.05, 0) is 107 Å². The SMILES string of the molecule is CCSSCCOC(=O)OCCO[C@@H]1CC[C@@H](C[C@@H](C)[C@@H]2CC(=O)[C@H](C)/C=C(\C)[C@@H](O)[C@@H](OC)C(=O)[C@H](C)C[C@H](C)/C=C/C=C/C=C(\C)[C@@H](OC)C[C@@H]3CC[C@@H](C)[C@@](O)(O3)C(=O)C(=O)N3CCCC[C@H]3C(=O)O2)C[C@H]1OC. The molecule has 0 aromatic rings. The molecule has 1 aliphatic carbocycles. The molecular formula is C58H91NO16S2. The van der Waals surface area contributed by atoms with Gasteiger partial charge in [-0.15, -0.1) is 0 Å². The lowest BCUT2D eigenvalue weighted by atomic mass is 9.78. The Labute approximate surface area is 466 Å². The molecule has 2 saturated heterocycles. The maximum absolute atomic E-state index is 14.6. The van der Waals surface area contributed by atoms with Gasteiger partial charge in [0.1, 0.15) is 43.4 Å². The first-order valence-corrected chi connectivity index (χ1v) is 30.3. The van der Waals surface area contributed by atoms with E-state index in [2.05, 4.69) is 6.92 Å². The van der Waals surface area contributed by atoms with Crippen molar-refractivity contribution < 1.29 is 76.9 Å². The van der Waals surface area contributed by atoms with E-state index >= 15 is 0 Å². The molecule has 4 aliphatic rings. The molecule has 436 valence electrons. The van der Waals surface area contributed by atoms with Crippen molar-refractivity contribution in [2.75, 3.05) is 59.2 Å². The topological polar surface area (TPSA) is 220 Å². The number of Topliss-reactive ketones (excluding diaryl/α,β-unsaturated/α-hetero) is 3. The largest absolute Gasteiger partial charge is 0.508 e. The number of amides is 1. The first-order valence-electron chi connectivity index (χ1n) is 27.8. The first kappa shape index (κ1) is 66.1. The number of methoxy groups -OCH3 is 3. The molecule has 15 atom stereocenters. The number of carbonyl (C=O) groups is 6. The average molecular weight is 1120 g/mol. The average Bonchev–Trinajstić information content (AvgIpc) is 3.42. The summed E-state index contributed by atoms with van der Waals surface area (Å²) in [6.45, 7) is 15.2. The Bertz CT molecular complexity index is 2050. The molecule has 2 bridgehead atoms. The van der Waals surface area contributed by atoms with Crippen molar-refractivity contribution in [1.29, 1.82) is 0 Å². The molecular weight excluding hydrogens is 1030 g/mol. The second kappa shape index (κ2) is 33.4. The van der Waals surface area contributed by atoms with E-state index in [1.54, 1.807) is 62.7 Å². The van der Waals surface area contributed by atoms with Crippen LogP contribution >= 0.6 is 21.6 Å². The molecule has 2 N–H and O–H groups in total. The van der Waals surface area contributed by atoms with Crippen LogP contribution in [0.15, 0.2) is 47.6 Å². The number of ether oxygens (including phenoxy) is 8. The number of cyclic esters (lactones) is 1. The number of nitrogens with zero attached hydrogens (tertiary/aromatic N) is 1. The number of hydrogen-bond donors (Lipinski definition) is 2. The number of rotatable bonds is 15. The number of esters is 1.